The Bertz CT molecular complexity index is 1000. The lowest BCUT2D eigenvalue weighted by atomic mass is 10.1. The van der Waals surface area contributed by atoms with Crippen molar-refractivity contribution in [3.63, 3.8) is 0 Å². The molecule has 0 spiro atoms. The van der Waals surface area contributed by atoms with Crippen LogP contribution in [-0.2, 0) is 19.5 Å². The Morgan fingerprint density at radius 3 is 2.47 bits per heavy atom. The molecule has 0 unspecified atom stereocenters. The first-order chi connectivity index (χ1) is 14.7. The second kappa shape index (κ2) is 8.74. The van der Waals surface area contributed by atoms with Crippen LogP contribution in [0.25, 0.3) is 0 Å². The minimum absolute atomic E-state index is 0.891. The van der Waals surface area contributed by atoms with Crippen LogP contribution in [0.2, 0.25) is 0 Å². The normalized spacial score (nSPS) is 17.1. The van der Waals surface area contributed by atoms with Crippen LogP contribution in [0.3, 0.4) is 0 Å². The van der Waals surface area contributed by atoms with Gasteiger partial charge < -0.3 is 9.80 Å². The minimum atomic E-state index is 0.891. The van der Waals surface area contributed by atoms with Crippen LogP contribution in [0, 0.1) is 0 Å². The number of fused-ring (bicyclic) bond motifs is 1. The number of hydrogen-bond acceptors (Lipinski definition) is 5. The van der Waals surface area contributed by atoms with Crippen molar-refractivity contribution in [2.24, 2.45) is 0 Å². The summed E-state index contributed by atoms with van der Waals surface area (Å²) in [6, 6.07) is 19.2. The summed E-state index contributed by atoms with van der Waals surface area (Å²) in [5, 5.41) is 0. The van der Waals surface area contributed by atoms with Gasteiger partial charge >= 0.3 is 0 Å². The first-order valence-electron chi connectivity index (χ1n) is 10.6. The minimum Gasteiger partial charge on any atom is -0.368 e. The molecule has 1 fully saturated rings. The maximum Gasteiger partial charge on any atom is 0.225 e. The topological polar surface area (TPSA) is 35.5 Å². The third kappa shape index (κ3) is 4.35. The van der Waals surface area contributed by atoms with Gasteiger partial charge in [-0.1, -0.05) is 46.3 Å². The molecule has 3 heterocycles. The highest BCUT2D eigenvalue weighted by molar-refractivity contribution is 9.10. The fourth-order valence-corrected chi connectivity index (χ4v) is 4.80. The smallest absolute Gasteiger partial charge is 0.225 e. The molecule has 0 amide bonds. The molecule has 2 aliphatic rings. The van der Waals surface area contributed by atoms with Crippen LogP contribution in [0.15, 0.2) is 65.3 Å². The monoisotopic (exact) mass is 463 g/mol. The number of halogens is 1. The summed E-state index contributed by atoms with van der Waals surface area (Å²) in [5.74, 6) is 0.891. The SMILES string of the molecule is Brc1cccc(CN2CCc3nc(N4CCN(c5ccccc5)CC4)ncc3C2)c1. The molecular weight excluding hydrogens is 438 g/mol. The summed E-state index contributed by atoms with van der Waals surface area (Å²) in [5.41, 5.74) is 5.12. The second-order valence-electron chi connectivity index (χ2n) is 8.04. The number of benzene rings is 2. The number of para-hydroxylation sites is 1. The zero-order chi connectivity index (χ0) is 20.3. The third-order valence-electron chi connectivity index (χ3n) is 5.98. The molecule has 2 aliphatic heterocycles. The molecule has 2 aromatic carbocycles. The summed E-state index contributed by atoms with van der Waals surface area (Å²) in [4.78, 5) is 16.9. The molecule has 1 saturated heterocycles. The zero-order valence-corrected chi connectivity index (χ0v) is 18.6. The Balaban J connectivity index is 1.22. The fraction of sp³-hybridized carbons (Fsp3) is 0.333. The highest BCUT2D eigenvalue weighted by atomic mass is 79.9. The molecule has 6 heteroatoms. The first kappa shape index (κ1) is 19.5. The van der Waals surface area contributed by atoms with Crippen molar-refractivity contribution in [1.29, 1.82) is 0 Å². The molecule has 5 rings (SSSR count). The first-order valence-corrected chi connectivity index (χ1v) is 11.4. The van der Waals surface area contributed by atoms with E-state index in [-0.39, 0.29) is 0 Å². The highest BCUT2D eigenvalue weighted by Gasteiger charge is 2.23. The van der Waals surface area contributed by atoms with Crippen LogP contribution in [0.4, 0.5) is 11.6 Å². The summed E-state index contributed by atoms with van der Waals surface area (Å²) in [6.07, 6.45) is 3.04. The molecular formula is C24H26BrN5. The van der Waals surface area contributed by atoms with Crippen molar-refractivity contribution < 1.29 is 0 Å². The second-order valence-corrected chi connectivity index (χ2v) is 8.96. The van der Waals surface area contributed by atoms with Gasteiger partial charge in [0.05, 0.1) is 5.69 Å². The van der Waals surface area contributed by atoms with E-state index in [1.807, 2.05) is 6.20 Å². The molecule has 0 radical (unpaired) electrons. The summed E-state index contributed by atoms with van der Waals surface area (Å²) >= 11 is 3.57. The van der Waals surface area contributed by atoms with E-state index < -0.39 is 0 Å². The number of nitrogens with zero attached hydrogens (tertiary/aromatic N) is 5. The Kier molecular flexibility index (Phi) is 5.69. The number of anilines is 2. The lowest BCUT2D eigenvalue weighted by molar-refractivity contribution is 0.243. The van der Waals surface area contributed by atoms with E-state index >= 15 is 0 Å². The van der Waals surface area contributed by atoms with Gasteiger partial charge in [0.25, 0.3) is 0 Å². The van der Waals surface area contributed by atoms with Gasteiger partial charge in [0.15, 0.2) is 0 Å². The molecule has 1 aromatic heterocycles. The predicted molar refractivity (Wildman–Crippen MR) is 125 cm³/mol. The van der Waals surface area contributed by atoms with Gasteiger partial charge in [-0.25, -0.2) is 9.97 Å². The maximum absolute atomic E-state index is 4.95. The van der Waals surface area contributed by atoms with E-state index in [4.69, 9.17) is 9.97 Å². The average molecular weight is 464 g/mol. The van der Waals surface area contributed by atoms with Crippen LogP contribution in [0.1, 0.15) is 16.8 Å². The van der Waals surface area contributed by atoms with Crippen molar-refractivity contribution in [3.05, 3.63) is 82.1 Å². The summed E-state index contributed by atoms with van der Waals surface area (Å²) < 4.78 is 1.14. The van der Waals surface area contributed by atoms with E-state index in [1.54, 1.807) is 0 Å². The fourth-order valence-electron chi connectivity index (χ4n) is 4.35. The molecule has 0 N–H and O–H groups in total. The van der Waals surface area contributed by atoms with E-state index in [0.717, 1.165) is 62.7 Å². The lowest BCUT2D eigenvalue weighted by Crippen LogP contribution is -2.47. The van der Waals surface area contributed by atoms with E-state index in [1.165, 1.54) is 22.5 Å². The van der Waals surface area contributed by atoms with Crippen molar-refractivity contribution in [1.82, 2.24) is 14.9 Å². The van der Waals surface area contributed by atoms with Crippen molar-refractivity contribution in [2.75, 3.05) is 42.5 Å². The Morgan fingerprint density at radius 1 is 0.867 bits per heavy atom. The summed E-state index contributed by atoms with van der Waals surface area (Å²) in [6.45, 7) is 6.85. The van der Waals surface area contributed by atoms with Crippen molar-refractivity contribution in [2.45, 2.75) is 19.5 Å². The largest absolute Gasteiger partial charge is 0.368 e. The predicted octanol–water partition coefficient (Wildman–Crippen LogP) is 4.12. The Morgan fingerprint density at radius 2 is 1.67 bits per heavy atom. The molecule has 0 atom stereocenters. The van der Waals surface area contributed by atoms with Gasteiger partial charge in [0, 0.05) is 74.2 Å². The van der Waals surface area contributed by atoms with Gasteiger partial charge in [0.2, 0.25) is 5.95 Å². The van der Waals surface area contributed by atoms with Crippen LogP contribution >= 0.6 is 15.9 Å². The van der Waals surface area contributed by atoms with Crippen molar-refractivity contribution in [3.8, 4) is 0 Å². The van der Waals surface area contributed by atoms with Gasteiger partial charge in [0.1, 0.15) is 0 Å². The van der Waals surface area contributed by atoms with Crippen molar-refractivity contribution >= 4 is 27.6 Å². The molecule has 5 nitrogen and oxygen atoms in total. The number of aromatic nitrogens is 2. The number of hydrogen-bond donors (Lipinski definition) is 0. The van der Waals surface area contributed by atoms with E-state index in [9.17, 15) is 0 Å². The average Bonchev–Trinajstić information content (AvgIpc) is 2.79. The van der Waals surface area contributed by atoms with Crippen LogP contribution < -0.4 is 9.80 Å². The van der Waals surface area contributed by atoms with E-state index in [0.29, 0.717) is 0 Å². The Hall–Kier alpha value is -2.44. The van der Waals surface area contributed by atoms with Crippen LogP contribution in [-0.4, -0.2) is 47.6 Å². The number of piperazine rings is 1. The van der Waals surface area contributed by atoms with Gasteiger partial charge in [-0.15, -0.1) is 0 Å². The zero-order valence-electron chi connectivity index (χ0n) is 17.0. The third-order valence-corrected chi connectivity index (χ3v) is 6.47. The van der Waals surface area contributed by atoms with Crippen LogP contribution in [0.5, 0.6) is 0 Å². The van der Waals surface area contributed by atoms with E-state index in [2.05, 4.69) is 85.2 Å². The standard InChI is InChI=1S/C24H26BrN5/c25-21-6-4-5-19(15-21)17-28-10-9-23-20(18-28)16-26-24(27-23)30-13-11-29(12-14-30)22-7-2-1-3-8-22/h1-8,15-16H,9-14,17-18H2. The maximum atomic E-state index is 4.95. The van der Waals surface area contributed by atoms with Gasteiger partial charge in [-0.05, 0) is 29.8 Å². The molecule has 154 valence electrons. The molecule has 30 heavy (non-hydrogen) atoms. The Labute approximate surface area is 186 Å². The van der Waals surface area contributed by atoms with Gasteiger partial charge in [-0.2, -0.15) is 0 Å². The molecule has 0 saturated carbocycles. The molecule has 0 bridgehead atoms. The summed E-state index contributed by atoms with van der Waals surface area (Å²) in [7, 11) is 0. The lowest BCUT2D eigenvalue weighted by Gasteiger charge is -2.36. The molecule has 3 aromatic rings. The number of rotatable bonds is 4. The van der Waals surface area contributed by atoms with Gasteiger partial charge in [-0.3, -0.25) is 4.90 Å². The molecule has 0 aliphatic carbocycles. The highest BCUT2D eigenvalue weighted by Crippen LogP contribution is 2.23. The quantitative estimate of drug-likeness (QED) is 0.581.